The van der Waals surface area contributed by atoms with Crippen molar-refractivity contribution >= 4 is 11.4 Å². The van der Waals surface area contributed by atoms with Gasteiger partial charge in [-0.25, -0.2) is 0 Å². The molecule has 2 aliphatic rings. The summed E-state index contributed by atoms with van der Waals surface area (Å²) < 4.78 is 5.80. The van der Waals surface area contributed by atoms with Crippen LogP contribution < -0.4 is 15.4 Å². The van der Waals surface area contributed by atoms with Gasteiger partial charge in [-0.15, -0.1) is 0 Å². The lowest BCUT2D eigenvalue weighted by Crippen LogP contribution is -2.47. The number of piperidine rings is 1. The van der Waals surface area contributed by atoms with E-state index in [0.717, 1.165) is 36.9 Å². The van der Waals surface area contributed by atoms with Crippen LogP contribution in [-0.4, -0.2) is 19.2 Å². The van der Waals surface area contributed by atoms with Crippen LogP contribution in [0.2, 0.25) is 0 Å². The molecule has 1 saturated carbocycles. The number of hydrogen-bond acceptors (Lipinski definition) is 3. The molecular formula is C18H28N2O. The largest absolute Gasteiger partial charge is 0.491 e. The van der Waals surface area contributed by atoms with Crippen molar-refractivity contribution in [2.24, 2.45) is 5.92 Å². The van der Waals surface area contributed by atoms with Crippen molar-refractivity contribution < 1.29 is 4.74 Å². The van der Waals surface area contributed by atoms with Gasteiger partial charge >= 0.3 is 0 Å². The quantitative estimate of drug-likeness (QED) is 0.843. The normalized spacial score (nSPS) is 25.5. The standard InChI is InChI=1S/C18H28N2O/c1-2-13-21-17-11-5-10-16(18(17)19)20-12-6-8-14-7-3-4-9-15(14)20/h5,10-11,14-15H,2-4,6-9,12-13,19H2,1H3/t14-,15-/m1/s1. The van der Waals surface area contributed by atoms with Crippen LogP contribution in [0, 0.1) is 5.92 Å². The summed E-state index contributed by atoms with van der Waals surface area (Å²) in [7, 11) is 0. The topological polar surface area (TPSA) is 38.5 Å². The Balaban J connectivity index is 1.84. The molecule has 1 heterocycles. The first-order chi connectivity index (χ1) is 10.3. The summed E-state index contributed by atoms with van der Waals surface area (Å²) in [6, 6.07) is 6.95. The van der Waals surface area contributed by atoms with Gasteiger partial charge in [0.2, 0.25) is 0 Å². The van der Waals surface area contributed by atoms with Crippen molar-refractivity contribution in [2.75, 3.05) is 23.8 Å². The van der Waals surface area contributed by atoms with Crippen LogP contribution in [0.25, 0.3) is 0 Å². The molecule has 0 radical (unpaired) electrons. The van der Waals surface area contributed by atoms with Gasteiger partial charge in [0.1, 0.15) is 5.75 Å². The number of hydrogen-bond donors (Lipinski definition) is 1. The van der Waals surface area contributed by atoms with Crippen LogP contribution in [0.3, 0.4) is 0 Å². The lowest BCUT2D eigenvalue weighted by molar-refractivity contribution is 0.244. The number of nitrogens with two attached hydrogens (primary N) is 1. The fraction of sp³-hybridized carbons (Fsp3) is 0.667. The van der Waals surface area contributed by atoms with Gasteiger partial charge in [-0.05, 0) is 50.2 Å². The third-order valence-electron chi connectivity index (χ3n) is 5.06. The van der Waals surface area contributed by atoms with E-state index in [2.05, 4.69) is 24.0 Å². The SMILES string of the molecule is CCCOc1cccc(N2CCC[C@H]3CCCC[C@H]32)c1N. The number of benzene rings is 1. The van der Waals surface area contributed by atoms with Crippen molar-refractivity contribution in [2.45, 2.75) is 57.9 Å². The predicted molar refractivity (Wildman–Crippen MR) is 89.0 cm³/mol. The summed E-state index contributed by atoms with van der Waals surface area (Å²) in [5, 5.41) is 0. The van der Waals surface area contributed by atoms with Gasteiger partial charge in [0, 0.05) is 12.6 Å². The molecule has 1 aromatic rings. The van der Waals surface area contributed by atoms with Gasteiger partial charge in [0.25, 0.3) is 0 Å². The number of nitrogens with zero attached hydrogens (tertiary/aromatic N) is 1. The number of anilines is 2. The van der Waals surface area contributed by atoms with Crippen LogP contribution in [0.1, 0.15) is 51.9 Å². The van der Waals surface area contributed by atoms with Crippen LogP contribution in [0.15, 0.2) is 18.2 Å². The molecule has 2 atom stereocenters. The summed E-state index contributed by atoms with van der Waals surface area (Å²) in [4.78, 5) is 2.57. The highest BCUT2D eigenvalue weighted by atomic mass is 16.5. The zero-order valence-corrected chi connectivity index (χ0v) is 13.2. The third kappa shape index (κ3) is 2.97. The Hall–Kier alpha value is -1.38. The van der Waals surface area contributed by atoms with E-state index < -0.39 is 0 Å². The number of para-hydroxylation sites is 1. The lowest BCUT2D eigenvalue weighted by Gasteiger charge is -2.45. The molecule has 1 aliphatic heterocycles. The summed E-state index contributed by atoms with van der Waals surface area (Å²) in [6.07, 6.45) is 9.19. The van der Waals surface area contributed by atoms with Crippen LogP contribution in [0.4, 0.5) is 11.4 Å². The molecule has 0 bridgehead atoms. The molecule has 0 aromatic heterocycles. The highest BCUT2D eigenvalue weighted by Gasteiger charge is 2.34. The maximum atomic E-state index is 6.41. The second kappa shape index (κ2) is 6.59. The highest BCUT2D eigenvalue weighted by Crippen LogP contribution is 2.41. The van der Waals surface area contributed by atoms with Crippen molar-refractivity contribution in [3.05, 3.63) is 18.2 Å². The Morgan fingerprint density at radius 3 is 2.86 bits per heavy atom. The van der Waals surface area contributed by atoms with Gasteiger partial charge in [-0.2, -0.15) is 0 Å². The molecule has 116 valence electrons. The molecule has 21 heavy (non-hydrogen) atoms. The first-order valence-corrected chi connectivity index (χ1v) is 8.59. The van der Waals surface area contributed by atoms with Gasteiger partial charge in [-0.1, -0.05) is 25.8 Å². The molecule has 3 heteroatoms. The molecule has 0 spiro atoms. The molecule has 1 aliphatic carbocycles. The van der Waals surface area contributed by atoms with E-state index in [-0.39, 0.29) is 0 Å². The monoisotopic (exact) mass is 288 g/mol. The van der Waals surface area contributed by atoms with Crippen molar-refractivity contribution in [1.29, 1.82) is 0 Å². The summed E-state index contributed by atoms with van der Waals surface area (Å²) in [5.74, 6) is 1.72. The molecule has 0 unspecified atom stereocenters. The third-order valence-corrected chi connectivity index (χ3v) is 5.06. The van der Waals surface area contributed by atoms with E-state index >= 15 is 0 Å². The minimum Gasteiger partial charge on any atom is -0.491 e. The number of ether oxygens (including phenoxy) is 1. The van der Waals surface area contributed by atoms with Gasteiger partial charge in [0.15, 0.2) is 0 Å². The molecular weight excluding hydrogens is 260 g/mol. The maximum absolute atomic E-state index is 6.41. The predicted octanol–water partition coefficient (Wildman–Crippen LogP) is 4.22. The second-order valence-corrected chi connectivity index (χ2v) is 6.48. The lowest BCUT2D eigenvalue weighted by atomic mass is 9.78. The van der Waals surface area contributed by atoms with Crippen LogP contribution >= 0.6 is 0 Å². The average Bonchev–Trinajstić information content (AvgIpc) is 2.53. The van der Waals surface area contributed by atoms with E-state index in [0.29, 0.717) is 6.04 Å². The van der Waals surface area contributed by atoms with E-state index in [1.165, 1.54) is 44.2 Å². The second-order valence-electron chi connectivity index (χ2n) is 6.48. The maximum Gasteiger partial charge on any atom is 0.144 e. The Bertz CT molecular complexity index is 472. The summed E-state index contributed by atoms with van der Waals surface area (Å²) >= 11 is 0. The molecule has 0 amide bonds. The molecule has 1 aromatic carbocycles. The Labute approximate surface area is 128 Å². The fourth-order valence-electron chi connectivity index (χ4n) is 4.04. The van der Waals surface area contributed by atoms with E-state index in [9.17, 15) is 0 Å². The Morgan fingerprint density at radius 2 is 2.00 bits per heavy atom. The summed E-state index contributed by atoms with van der Waals surface area (Å²) in [5.41, 5.74) is 8.44. The first kappa shape index (κ1) is 14.6. The summed E-state index contributed by atoms with van der Waals surface area (Å²) in [6.45, 7) is 4.00. The van der Waals surface area contributed by atoms with E-state index in [1.807, 2.05) is 6.07 Å². The van der Waals surface area contributed by atoms with Crippen molar-refractivity contribution in [3.63, 3.8) is 0 Å². The van der Waals surface area contributed by atoms with Crippen molar-refractivity contribution in [3.8, 4) is 5.75 Å². The van der Waals surface area contributed by atoms with E-state index in [4.69, 9.17) is 10.5 Å². The smallest absolute Gasteiger partial charge is 0.144 e. The zero-order valence-electron chi connectivity index (χ0n) is 13.2. The fourth-order valence-corrected chi connectivity index (χ4v) is 4.04. The number of nitrogen functional groups attached to an aromatic ring is 1. The van der Waals surface area contributed by atoms with Gasteiger partial charge in [-0.3, -0.25) is 0 Å². The number of fused-ring (bicyclic) bond motifs is 1. The van der Waals surface area contributed by atoms with Gasteiger partial charge < -0.3 is 15.4 Å². The van der Waals surface area contributed by atoms with Gasteiger partial charge in [0.05, 0.1) is 18.0 Å². The Morgan fingerprint density at radius 1 is 1.19 bits per heavy atom. The highest BCUT2D eigenvalue weighted by molar-refractivity contribution is 5.74. The molecule has 3 rings (SSSR count). The minimum atomic E-state index is 0.691. The van der Waals surface area contributed by atoms with Crippen LogP contribution in [-0.2, 0) is 0 Å². The molecule has 3 nitrogen and oxygen atoms in total. The first-order valence-electron chi connectivity index (χ1n) is 8.59. The Kier molecular flexibility index (Phi) is 4.57. The number of rotatable bonds is 4. The minimum absolute atomic E-state index is 0.691. The van der Waals surface area contributed by atoms with E-state index in [1.54, 1.807) is 0 Å². The molecule has 2 N–H and O–H groups in total. The zero-order chi connectivity index (χ0) is 14.7. The van der Waals surface area contributed by atoms with Crippen molar-refractivity contribution in [1.82, 2.24) is 0 Å². The average molecular weight is 288 g/mol. The molecule has 2 fully saturated rings. The molecule has 1 saturated heterocycles. The van der Waals surface area contributed by atoms with Crippen LogP contribution in [0.5, 0.6) is 5.75 Å².